The van der Waals surface area contributed by atoms with Gasteiger partial charge in [0.15, 0.2) is 11.5 Å². The first kappa shape index (κ1) is 19.3. The van der Waals surface area contributed by atoms with Crippen molar-refractivity contribution in [1.29, 1.82) is 0 Å². The molecule has 0 bridgehead atoms. The molecule has 0 aliphatic carbocycles. The van der Waals surface area contributed by atoms with Crippen LogP contribution in [0, 0.1) is 0 Å². The highest BCUT2D eigenvalue weighted by molar-refractivity contribution is 7.13. The van der Waals surface area contributed by atoms with E-state index in [2.05, 4.69) is 4.98 Å². The SMILES string of the molecule is CCOc1ccc(-c2nc(Cn3cnc4c(oc5ccccc54)c3=O)cs2)cc1OC. The Balaban J connectivity index is 1.46. The Hall–Kier alpha value is -3.65. The molecule has 2 aromatic carbocycles. The third kappa shape index (κ3) is 3.44. The van der Waals surface area contributed by atoms with Crippen molar-refractivity contribution in [2.24, 2.45) is 0 Å². The molecular formula is C23H19N3O4S. The van der Waals surface area contributed by atoms with Crippen LogP contribution in [-0.4, -0.2) is 28.3 Å². The summed E-state index contributed by atoms with van der Waals surface area (Å²) in [6.45, 7) is 2.80. The third-order valence-electron chi connectivity index (χ3n) is 4.95. The zero-order valence-electron chi connectivity index (χ0n) is 17.0. The maximum Gasteiger partial charge on any atom is 0.297 e. The molecule has 3 aromatic heterocycles. The first-order valence-electron chi connectivity index (χ1n) is 9.80. The minimum Gasteiger partial charge on any atom is -0.493 e. The number of hydrogen-bond acceptors (Lipinski definition) is 7. The average molecular weight is 433 g/mol. The van der Waals surface area contributed by atoms with Crippen LogP contribution in [0.1, 0.15) is 12.6 Å². The second-order valence-electron chi connectivity index (χ2n) is 6.90. The van der Waals surface area contributed by atoms with Crippen LogP contribution in [0.15, 0.2) is 63.4 Å². The zero-order chi connectivity index (χ0) is 21.4. The van der Waals surface area contributed by atoms with E-state index in [9.17, 15) is 4.79 Å². The van der Waals surface area contributed by atoms with Gasteiger partial charge in [0.1, 0.15) is 16.1 Å². The van der Waals surface area contributed by atoms with Gasteiger partial charge in [-0.15, -0.1) is 11.3 Å². The molecule has 3 heterocycles. The van der Waals surface area contributed by atoms with Gasteiger partial charge < -0.3 is 13.9 Å². The highest BCUT2D eigenvalue weighted by Gasteiger charge is 2.15. The Kier molecular flexibility index (Phi) is 4.91. The fourth-order valence-corrected chi connectivity index (χ4v) is 4.30. The summed E-state index contributed by atoms with van der Waals surface area (Å²) >= 11 is 1.51. The van der Waals surface area contributed by atoms with Gasteiger partial charge in [0, 0.05) is 16.3 Å². The maximum absolute atomic E-state index is 12.9. The van der Waals surface area contributed by atoms with Crippen LogP contribution in [-0.2, 0) is 6.54 Å². The fraction of sp³-hybridized carbons (Fsp3) is 0.174. The monoisotopic (exact) mass is 433 g/mol. The van der Waals surface area contributed by atoms with Crippen molar-refractivity contribution >= 4 is 33.4 Å². The Morgan fingerprint density at radius 2 is 2.03 bits per heavy atom. The number of ether oxygens (including phenoxy) is 2. The van der Waals surface area contributed by atoms with Crippen LogP contribution < -0.4 is 15.0 Å². The topological polar surface area (TPSA) is 79.4 Å². The Morgan fingerprint density at radius 3 is 2.87 bits per heavy atom. The maximum atomic E-state index is 12.9. The first-order valence-corrected chi connectivity index (χ1v) is 10.7. The number of aromatic nitrogens is 3. The van der Waals surface area contributed by atoms with Crippen molar-refractivity contribution < 1.29 is 13.9 Å². The highest BCUT2D eigenvalue weighted by Crippen LogP contribution is 2.34. The van der Waals surface area contributed by atoms with Gasteiger partial charge in [-0.2, -0.15) is 0 Å². The van der Waals surface area contributed by atoms with E-state index in [0.29, 0.717) is 35.8 Å². The molecule has 0 saturated heterocycles. The summed E-state index contributed by atoms with van der Waals surface area (Å²) < 4.78 is 18.3. The van der Waals surface area contributed by atoms with E-state index in [1.165, 1.54) is 15.9 Å². The molecule has 5 rings (SSSR count). The summed E-state index contributed by atoms with van der Waals surface area (Å²) in [4.78, 5) is 22.1. The summed E-state index contributed by atoms with van der Waals surface area (Å²) in [6, 6.07) is 13.2. The Morgan fingerprint density at radius 1 is 1.16 bits per heavy atom. The number of para-hydroxylation sites is 1. The molecular weight excluding hydrogens is 414 g/mol. The van der Waals surface area contributed by atoms with E-state index in [-0.39, 0.29) is 11.1 Å². The molecule has 5 aromatic rings. The number of hydrogen-bond donors (Lipinski definition) is 0. The van der Waals surface area contributed by atoms with Gasteiger partial charge in [0.2, 0.25) is 5.58 Å². The second-order valence-corrected chi connectivity index (χ2v) is 7.75. The summed E-state index contributed by atoms with van der Waals surface area (Å²) in [5, 5.41) is 3.61. The molecule has 0 saturated carbocycles. The molecule has 0 unspecified atom stereocenters. The lowest BCUT2D eigenvalue weighted by molar-refractivity contribution is 0.311. The third-order valence-corrected chi connectivity index (χ3v) is 5.89. The first-order chi connectivity index (χ1) is 15.2. The van der Waals surface area contributed by atoms with Crippen LogP contribution in [0.2, 0.25) is 0 Å². The van der Waals surface area contributed by atoms with Crippen molar-refractivity contribution in [3.8, 4) is 22.1 Å². The number of furan rings is 1. The predicted octanol–water partition coefficient (Wildman–Crippen LogP) is 4.72. The van der Waals surface area contributed by atoms with E-state index < -0.39 is 0 Å². The van der Waals surface area contributed by atoms with Gasteiger partial charge in [0.25, 0.3) is 5.56 Å². The van der Waals surface area contributed by atoms with Crippen LogP contribution >= 0.6 is 11.3 Å². The van der Waals surface area contributed by atoms with Crippen molar-refractivity contribution in [3.05, 3.63) is 70.2 Å². The number of nitrogens with zero attached hydrogens (tertiary/aromatic N) is 3. The van der Waals surface area contributed by atoms with Gasteiger partial charge in [-0.1, -0.05) is 12.1 Å². The van der Waals surface area contributed by atoms with Crippen LogP contribution in [0.3, 0.4) is 0 Å². The quantitative estimate of drug-likeness (QED) is 0.385. The van der Waals surface area contributed by atoms with Crippen LogP contribution in [0.5, 0.6) is 11.5 Å². The van der Waals surface area contributed by atoms with Crippen molar-refractivity contribution in [2.45, 2.75) is 13.5 Å². The summed E-state index contributed by atoms with van der Waals surface area (Å²) in [7, 11) is 1.61. The van der Waals surface area contributed by atoms with E-state index >= 15 is 0 Å². The molecule has 0 aliphatic heterocycles. The summed E-state index contributed by atoms with van der Waals surface area (Å²) in [5.74, 6) is 1.36. The number of benzene rings is 2. The molecule has 0 aliphatic rings. The lowest BCUT2D eigenvalue weighted by Crippen LogP contribution is -2.20. The zero-order valence-corrected chi connectivity index (χ0v) is 17.8. The molecule has 31 heavy (non-hydrogen) atoms. The molecule has 0 fully saturated rings. The minimum absolute atomic E-state index is 0.224. The van der Waals surface area contributed by atoms with Crippen LogP contribution in [0.4, 0.5) is 0 Å². The van der Waals surface area contributed by atoms with Crippen molar-refractivity contribution in [3.63, 3.8) is 0 Å². The molecule has 0 atom stereocenters. The highest BCUT2D eigenvalue weighted by atomic mass is 32.1. The fourth-order valence-electron chi connectivity index (χ4n) is 3.49. The molecule has 0 N–H and O–H groups in total. The van der Waals surface area contributed by atoms with Crippen LogP contribution in [0.25, 0.3) is 32.6 Å². The van der Waals surface area contributed by atoms with E-state index in [4.69, 9.17) is 18.9 Å². The standard InChI is InChI=1S/C23H19N3O4S/c1-3-29-18-9-8-14(10-19(18)28-2)22-25-15(12-31-22)11-26-13-24-20-16-6-4-5-7-17(16)30-21(20)23(26)27/h4-10,12-13H,3,11H2,1-2H3. The molecule has 7 nitrogen and oxygen atoms in total. The summed E-state index contributed by atoms with van der Waals surface area (Å²) in [6.07, 6.45) is 1.55. The Labute approximate surface area is 181 Å². The van der Waals surface area contributed by atoms with Gasteiger partial charge >= 0.3 is 0 Å². The Bertz CT molecular complexity index is 1450. The molecule has 0 spiro atoms. The predicted molar refractivity (Wildman–Crippen MR) is 120 cm³/mol. The van der Waals surface area contributed by atoms with Gasteiger partial charge in [0.05, 0.1) is 32.3 Å². The molecule has 8 heteroatoms. The molecule has 0 radical (unpaired) electrons. The largest absolute Gasteiger partial charge is 0.493 e. The van der Waals surface area contributed by atoms with Gasteiger partial charge in [-0.05, 0) is 37.3 Å². The van der Waals surface area contributed by atoms with E-state index in [0.717, 1.165) is 21.7 Å². The van der Waals surface area contributed by atoms with E-state index in [1.54, 1.807) is 13.4 Å². The number of thiazole rings is 1. The van der Waals surface area contributed by atoms with Gasteiger partial charge in [-0.3, -0.25) is 9.36 Å². The minimum atomic E-state index is -0.224. The lowest BCUT2D eigenvalue weighted by Gasteiger charge is -2.10. The smallest absolute Gasteiger partial charge is 0.297 e. The van der Waals surface area contributed by atoms with Crippen molar-refractivity contribution in [1.82, 2.24) is 14.5 Å². The van der Waals surface area contributed by atoms with Crippen molar-refractivity contribution in [2.75, 3.05) is 13.7 Å². The van der Waals surface area contributed by atoms with Gasteiger partial charge in [-0.25, -0.2) is 9.97 Å². The summed E-state index contributed by atoms with van der Waals surface area (Å²) in [5.41, 5.74) is 2.97. The average Bonchev–Trinajstić information content (AvgIpc) is 3.41. The number of rotatable bonds is 6. The number of methoxy groups -OCH3 is 1. The van der Waals surface area contributed by atoms with E-state index in [1.807, 2.05) is 54.8 Å². The number of fused-ring (bicyclic) bond motifs is 3. The molecule has 156 valence electrons. The normalized spacial score (nSPS) is 11.3. The lowest BCUT2D eigenvalue weighted by atomic mass is 10.2. The second kappa shape index (κ2) is 7.88. The molecule has 0 amide bonds.